The standard InChI is InChI=1S/C25H21Cl2N3O2/c26-22-4-3-13(11-23(22)27)16-9-19-18-8-15(25(32)30-6-5-17(28)12-30)2-1-14(18)7-20(19)21(10-16)24(29)31/h1-4,8-11,17H,5-7,12,28H2,(H2,29,31)/t17-/m1/s1. The van der Waals surface area contributed by atoms with E-state index in [9.17, 15) is 9.59 Å². The van der Waals surface area contributed by atoms with Crippen molar-refractivity contribution >= 4 is 35.0 Å². The molecule has 0 unspecified atom stereocenters. The van der Waals surface area contributed by atoms with E-state index < -0.39 is 5.91 Å². The number of hydrogen-bond donors (Lipinski definition) is 2. The Morgan fingerprint density at radius 3 is 2.44 bits per heavy atom. The van der Waals surface area contributed by atoms with Gasteiger partial charge in [0.1, 0.15) is 0 Å². The smallest absolute Gasteiger partial charge is 0.253 e. The van der Waals surface area contributed by atoms with Crippen LogP contribution < -0.4 is 11.5 Å². The molecule has 7 heteroatoms. The average molecular weight is 466 g/mol. The van der Waals surface area contributed by atoms with Crippen molar-refractivity contribution in [3.8, 4) is 22.3 Å². The van der Waals surface area contributed by atoms with Gasteiger partial charge in [-0.2, -0.15) is 0 Å². The zero-order valence-corrected chi connectivity index (χ0v) is 18.7. The molecule has 0 spiro atoms. The minimum atomic E-state index is -0.488. The van der Waals surface area contributed by atoms with Crippen LogP contribution in [-0.2, 0) is 6.42 Å². The fraction of sp³-hybridized carbons (Fsp3) is 0.200. The Bertz CT molecular complexity index is 1290. The average Bonchev–Trinajstić information content (AvgIpc) is 3.37. The number of carbonyl (C=O) groups excluding carboxylic acids is 2. The molecule has 1 aliphatic carbocycles. The highest BCUT2D eigenvalue weighted by Crippen LogP contribution is 2.42. The van der Waals surface area contributed by atoms with E-state index in [1.807, 2.05) is 30.3 Å². The van der Waals surface area contributed by atoms with Gasteiger partial charge in [-0.3, -0.25) is 9.59 Å². The first kappa shape index (κ1) is 21.0. The van der Waals surface area contributed by atoms with Crippen LogP contribution in [0.5, 0.6) is 0 Å². The summed E-state index contributed by atoms with van der Waals surface area (Å²) in [7, 11) is 0. The third kappa shape index (κ3) is 3.56. The van der Waals surface area contributed by atoms with Crippen LogP contribution in [0, 0.1) is 0 Å². The molecule has 5 nitrogen and oxygen atoms in total. The Labute approximate surface area is 195 Å². The van der Waals surface area contributed by atoms with Gasteiger partial charge in [0.2, 0.25) is 5.91 Å². The van der Waals surface area contributed by atoms with Crippen molar-refractivity contribution in [3.63, 3.8) is 0 Å². The van der Waals surface area contributed by atoms with Crippen molar-refractivity contribution in [1.82, 2.24) is 4.90 Å². The fourth-order valence-electron chi connectivity index (χ4n) is 4.62. The van der Waals surface area contributed by atoms with E-state index in [1.54, 1.807) is 23.1 Å². The minimum absolute atomic E-state index is 0.0232. The summed E-state index contributed by atoms with van der Waals surface area (Å²) in [6.07, 6.45) is 1.40. The van der Waals surface area contributed by atoms with E-state index in [4.69, 9.17) is 34.7 Å². The Balaban J connectivity index is 1.61. The van der Waals surface area contributed by atoms with Gasteiger partial charge in [-0.05, 0) is 82.6 Å². The van der Waals surface area contributed by atoms with Crippen LogP contribution >= 0.6 is 23.2 Å². The second-order valence-corrected chi connectivity index (χ2v) is 9.21. The summed E-state index contributed by atoms with van der Waals surface area (Å²) in [6.45, 7) is 1.24. The highest BCUT2D eigenvalue weighted by Gasteiger charge is 2.28. The van der Waals surface area contributed by atoms with Crippen LogP contribution in [0.2, 0.25) is 10.0 Å². The first-order valence-electron chi connectivity index (χ1n) is 10.4. The van der Waals surface area contributed by atoms with Crippen LogP contribution in [0.25, 0.3) is 22.3 Å². The van der Waals surface area contributed by atoms with Crippen molar-refractivity contribution in [1.29, 1.82) is 0 Å². The lowest BCUT2D eigenvalue weighted by Gasteiger charge is -2.16. The van der Waals surface area contributed by atoms with E-state index in [-0.39, 0.29) is 11.9 Å². The Kier molecular flexibility index (Phi) is 5.20. The summed E-state index contributed by atoms with van der Waals surface area (Å²) in [5, 5.41) is 0.893. The van der Waals surface area contributed by atoms with Crippen LogP contribution in [0.4, 0.5) is 0 Å². The lowest BCUT2D eigenvalue weighted by Crippen LogP contribution is -2.31. The molecule has 0 saturated carbocycles. The maximum atomic E-state index is 13.0. The molecule has 5 rings (SSSR count). The zero-order chi connectivity index (χ0) is 22.6. The van der Waals surface area contributed by atoms with Gasteiger partial charge >= 0.3 is 0 Å². The van der Waals surface area contributed by atoms with E-state index >= 15 is 0 Å². The summed E-state index contributed by atoms with van der Waals surface area (Å²) < 4.78 is 0. The largest absolute Gasteiger partial charge is 0.366 e. The first-order valence-corrected chi connectivity index (χ1v) is 11.2. The molecule has 3 aromatic rings. The summed E-state index contributed by atoms with van der Waals surface area (Å²) in [5.74, 6) is -0.511. The SMILES string of the molecule is NC(=O)c1cc(-c2ccc(Cl)c(Cl)c2)cc2c1Cc1ccc(C(=O)N3CC[C@@H](N)C3)cc1-2. The molecule has 2 amide bonds. The topological polar surface area (TPSA) is 89.4 Å². The molecule has 0 radical (unpaired) electrons. The molecule has 0 bridgehead atoms. The Hall–Kier alpha value is -2.86. The van der Waals surface area contributed by atoms with Gasteiger partial charge in [0.05, 0.1) is 10.0 Å². The normalized spacial score (nSPS) is 16.7. The number of halogens is 2. The molecule has 1 saturated heterocycles. The summed E-state index contributed by atoms with van der Waals surface area (Å²) in [6, 6.07) is 14.9. The number of nitrogens with zero attached hydrogens (tertiary/aromatic N) is 1. The lowest BCUT2D eigenvalue weighted by molar-refractivity contribution is 0.0790. The number of primary amides is 1. The van der Waals surface area contributed by atoms with Crippen molar-refractivity contribution in [2.45, 2.75) is 18.9 Å². The minimum Gasteiger partial charge on any atom is -0.366 e. The van der Waals surface area contributed by atoms with Gasteiger partial charge in [-0.15, -0.1) is 0 Å². The zero-order valence-electron chi connectivity index (χ0n) is 17.2. The van der Waals surface area contributed by atoms with Crippen molar-refractivity contribution in [2.24, 2.45) is 11.5 Å². The second-order valence-electron chi connectivity index (χ2n) is 8.39. The number of nitrogens with two attached hydrogens (primary N) is 2. The van der Waals surface area contributed by atoms with E-state index in [1.165, 1.54) is 0 Å². The van der Waals surface area contributed by atoms with E-state index in [2.05, 4.69) is 0 Å². The van der Waals surface area contributed by atoms with Crippen molar-refractivity contribution in [2.75, 3.05) is 13.1 Å². The molecular formula is C25H21Cl2N3O2. The molecule has 1 aliphatic heterocycles. The summed E-state index contributed by atoms with van der Waals surface area (Å²) in [4.78, 5) is 27.1. The number of carbonyl (C=O) groups is 2. The van der Waals surface area contributed by atoms with E-state index in [0.29, 0.717) is 40.7 Å². The highest BCUT2D eigenvalue weighted by atomic mass is 35.5. The first-order chi connectivity index (χ1) is 15.3. The van der Waals surface area contributed by atoms with Crippen LogP contribution in [-0.4, -0.2) is 35.8 Å². The second kappa shape index (κ2) is 7.93. The molecule has 1 fully saturated rings. The highest BCUT2D eigenvalue weighted by molar-refractivity contribution is 6.42. The van der Waals surface area contributed by atoms with Gasteiger partial charge in [-0.1, -0.05) is 35.3 Å². The molecule has 1 heterocycles. The Morgan fingerprint density at radius 1 is 0.938 bits per heavy atom. The van der Waals surface area contributed by atoms with Crippen LogP contribution in [0.3, 0.4) is 0 Å². The number of hydrogen-bond acceptors (Lipinski definition) is 3. The number of rotatable bonds is 3. The van der Waals surface area contributed by atoms with E-state index in [0.717, 1.165) is 39.8 Å². The molecular weight excluding hydrogens is 445 g/mol. The third-order valence-corrected chi connectivity index (χ3v) is 7.03. The maximum absolute atomic E-state index is 13.0. The Morgan fingerprint density at radius 2 is 1.75 bits per heavy atom. The molecule has 2 aliphatic rings. The number of likely N-dealkylation sites (tertiary alicyclic amines) is 1. The summed E-state index contributed by atoms with van der Waals surface area (Å²) in [5.41, 5.74) is 18.2. The molecule has 162 valence electrons. The third-order valence-electron chi connectivity index (χ3n) is 6.29. The molecule has 4 N–H and O–H groups in total. The van der Waals surface area contributed by atoms with Crippen molar-refractivity contribution < 1.29 is 9.59 Å². The van der Waals surface area contributed by atoms with Crippen molar-refractivity contribution in [3.05, 3.63) is 80.8 Å². The molecule has 0 aromatic heterocycles. The lowest BCUT2D eigenvalue weighted by atomic mass is 9.93. The van der Waals surface area contributed by atoms with Gasteiger partial charge in [0.15, 0.2) is 0 Å². The number of benzene rings is 3. The molecule has 1 atom stereocenters. The number of amides is 2. The van der Waals surface area contributed by atoms with Crippen LogP contribution in [0.15, 0.2) is 48.5 Å². The molecule has 3 aromatic carbocycles. The van der Waals surface area contributed by atoms with Gasteiger partial charge in [0.25, 0.3) is 5.91 Å². The fourth-order valence-corrected chi connectivity index (χ4v) is 4.92. The monoisotopic (exact) mass is 465 g/mol. The van der Waals surface area contributed by atoms with Crippen LogP contribution in [0.1, 0.15) is 38.3 Å². The maximum Gasteiger partial charge on any atom is 0.253 e. The van der Waals surface area contributed by atoms with Gasteiger partial charge < -0.3 is 16.4 Å². The summed E-state index contributed by atoms with van der Waals surface area (Å²) >= 11 is 12.3. The quantitative estimate of drug-likeness (QED) is 0.466. The predicted octanol–water partition coefficient (Wildman–Crippen LogP) is 4.50. The van der Waals surface area contributed by atoms with Gasteiger partial charge in [-0.25, -0.2) is 0 Å². The number of fused-ring (bicyclic) bond motifs is 3. The predicted molar refractivity (Wildman–Crippen MR) is 127 cm³/mol. The molecule has 32 heavy (non-hydrogen) atoms. The van der Waals surface area contributed by atoms with Gasteiger partial charge in [0, 0.05) is 30.3 Å².